The Balaban J connectivity index is 1.70. The molecule has 0 bridgehead atoms. The van der Waals surface area contributed by atoms with Gasteiger partial charge in [0.05, 0.1) is 19.5 Å². The van der Waals surface area contributed by atoms with E-state index in [9.17, 15) is 9.59 Å². The Labute approximate surface area is 212 Å². The van der Waals surface area contributed by atoms with Crippen molar-refractivity contribution < 1.29 is 23.5 Å². The van der Waals surface area contributed by atoms with Crippen LogP contribution in [0.3, 0.4) is 0 Å². The lowest BCUT2D eigenvalue weighted by atomic mass is 9.96. The Hall–Kier alpha value is -3.74. The van der Waals surface area contributed by atoms with Gasteiger partial charge in [0.15, 0.2) is 0 Å². The van der Waals surface area contributed by atoms with Crippen LogP contribution >= 0.6 is 0 Å². The summed E-state index contributed by atoms with van der Waals surface area (Å²) in [5, 5.41) is 0.963. The highest BCUT2D eigenvalue weighted by Crippen LogP contribution is 2.41. The molecule has 36 heavy (non-hydrogen) atoms. The zero-order chi connectivity index (χ0) is 25.8. The lowest BCUT2D eigenvalue weighted by molar-refractivity contribution is -0.135. The van der Waals surface area contributed by atoms with Gasteiger partial charge in [-0.15, -0.1) is 0 Å². The number of carbonyl (C=O) groups is 2. The van der Waals surface area contributed by atoms with E-state index in [4.69, 9.17) is 13.9 Å². The van der Waals surface area contributed by atoms with Crippen molar-refractivity contribution in [1.82, 2.24) is 9.80 Å². The number of ether oxygens (including phenoxy) is 2. The monoisotopic (exact) mass is 490 g/mol. The normalized spacial score (nSPS) is 14.3. The molecule has 4 rings (SSSR count). The molecule has 1 saturated heterocycles. The van der Waals surface area contributed by atoms with E-state index in [0.717, 1.165) is 50.3 Å². The maximum Gasteiger partial charge on any atom is 0.246 e. The first-order valence-electron chi connectivity index (χ1n) is 12.5. The van der Waals surface area contributed by atoms with Gasteiger partial charge < -0.3 is 23.7 Å². The van der Waals surface area contributed by atoms with E-state index < -0.39 is 0 Å². The molecular weight excluding hydrogens is 456 g/mol. The van der Waals surface area contributed by atoms with Crippen molar-refractivity contribution in [3.05, 3.63) is 53.8 Å². The van der Waals surface area contributed by atoms with Crippen molar-refractivity contribution in [3.8, 4) is 22.6 Å². The average Bonchev–Trinajstić information content (AvgIpc) is 3.30. The maximum absolute atomic E-state index is 13.1. The van der Waals surface area contributed by atoms with Crippen molar-refractivity contribution in [1.29, 1.82) is 0 Å². The van der Waals surface area contributed by atoms with Crippen LogP contribution in [0.25, 0.3) is 27.7 Å². The fraction of sp³-hybridized carbons (Fsp3) is 0.379. The standard InChI is InChI=1S/C29H34N2O5/c1-6-34-23-10-8-22(9-11-23)26-18-36-29-20(4)28(35-7-2)24(17-25(26)29)19(3)16-27(33)31-14-12-30(13-15-31)21(5)32/h8-11,16-18H,6-7,12-15H2,1-5H3/b19-16+. The molecule has 190 valence electrons. The lowest BCUT2D eigenvalue weighted by Gasteiger charge is -2.33. The van der Waals surface area contributed by atoms with Crippen LogP contribution in [-0.2, 0) is 9.59 Å². The second kappa shape index (κ2) is 10.9. The van der Waals surface area contributed by atoms with Crippen molar-refractivity contribution in [3.63, 3.8) is 0 Å². The molecule has 1 fully saturated rings. The number of furan rings is 1. The van der Waals surface area contributed by atoms with E-state index in [2.05, 4.69) is 6.07 Å². The minimum Gasteiger partial charge on any atom is -0.494 e. The molecule has 0 radical (unpaired) electrons. The van der Waals surface area contributed by atoms with Crippen molar-refractivity contribution in [2.75, 3.05) is 39.4 Å². The fourth-order valence-electron chi connectivity index (χ4n) is 4.66. The summed E-state index contributed by atoms with van der Waals surface area (Å²) in [6.07, 6.45) is 3.44. The van der Waals surface area contributed by atoms with Gasteiger partial charge in [0.1, 0.15) is 17.1 Å². The minimum atomic E-state index is -0.0603. The number of rotatable bonds is 7. The number of hydrogen-bond donors (Lipinski definition) is 0. The summed E-state index contributed by atoms with van der Waals surface area (Å²) in [5.41, 5.74) is 5.35. The van der Waals surface area contributed by atoms with Crippen LogP contribution in [0.4, 0.5) is 0 Å². The van der Waals surface area contributed by atoms with Gasteiger partial charge in [-0.1, -0.05) is 12.1 Å². The number of fused-ring (bicyclic) bond motifs is 1. The second-order valence-corrected chi connectivity index (χ2v) is 8.95. The third kappa shape index (κ3) is 5.10. The number of piperazine rings is 1. The van der Waals surface area contributed by atoms with Gasteiger partial charge in [-0.05, 0) is 57.0 Å². The molecule has 1 aromatic heterocycles. The molecule has 7 nitrogen and oxygen atoms in total. The summed E-state index contributed by atoms with van der Waals surface area (Å²) in [6.45, 7) is 12.7. The van der Waals surface area contributed by atoms with E-state index in [1.807, 2.05) is 52.0 Å². The van der Waals surface area contributed by atoms with Gasteiger partial charge in [0.2, 0.25) is 11.8 Å². The van der Waals surface area contributed by atoms with E-state index in [1.165, 1.54) is 0 Å². The predicted molar refractivity (Wildman–Crippen MR) is 141 cm³/mol. The topological polar surface area (TPSA) is 72.2 Å². The number of allylic oxidation sites excluding steroid dienone is 1. The van der Waals surface area contributed by atoms with Crippen molar-refractivity contribution in [2.45, 2.75) is 34.6 Å². The fourth-order valence-corrected chi connectivity index (χ4v) is 4.66. The summed E-state index contributed by atoms with van der Waals surface area (Å²) >= 11 is 0. The van der Waals surface area contributed by atoms with Gasteiger partial charge in [-0.2, -0.15) is 0 Å². The average molecular weight is 491 g/mol. The molecule has 2 heterocycles. The Kier molecular flexibility index (Phi) is 7.67. The molecular formula is C29H34N2O5. The maximum atomic E-state index is 13.1. The van der Waals surface area contributed by atoms with Crippen LogP contribution in [0, 0.1) is 6.92 Å². The number of hydrogen-bond acceptors (Lipinski definition) is 5. The number of carbonyl (C=O) groups excluding carboxylic acids is 2. The second-order valence-electron chi connectivity index (χ2n) is 8.95. The first-order valence-corrected chi connectivity index (χ1v) is 12.5. The summed E-state index contributed by atoms with van der Waals surface area (Å²) in [6, 6.07) is 10.0. The molecule has 0 unspecified atom stereocenters. The number of amides is 2. The molecule has 3 aromatic rings. The van der Waals surface area contributed by atoms with E-state index >= 15 is 0 Å². The summed E-state index contributed by atoms with van der Waals surface area (Å²) in [5.74, 6) is 1.53. The molecule has 7 heteroatoms. The number of benzene rings is 2. The highest BCUT2D eigenvalue weighted by Gasteiger charge is 2.23. The third-order valence-corrected chi connectivity index (χ3v) is 6.61. The molecule has 2 aromatic carbocycles. The Morgan fingerprint density at radius 1 is 0.972 bits per heavy atom. The van der Waals surface area contributed by atoms with Crippen molar-refractivity contribution in [2.24, 2.45) is 0 Å². The van der Waals surface area contributed by atoms with Gasteiger partial charge >= 0.3 is 0 Å². The van der Waals surface area contributed by atoms with Gasteiger partial charge in [0.25, 0.3) is 0 Å². The molecule has 1 aliphatic rings. The predicted octanol–water partition coefficient (Wildman–Crippen LogP) is 5.30. The van der Waals surface area contributed by atoms with Gasteiger partial charge in [-0.25, -0.2) is 0 Å². The van der Waals surface area contributed by atoms with E-state index in [1.54, 1.807) is 29.1 Å². The van der Waals surface area contributed by atoms with E-state index in [0.29, 0.717) is 39.4 Å². The first kappa shape index (κ1) is 25.4. The largest absolute Gasteiger partial charge is 0.494 e. The summed E-state index contributed by atoms with van der Waals surface area (Å²) in [7, 11) is 0. The number of aryl methyl sites for hydroxylation is 1. The summed E-state index contributed by atoms with van der Waals surface area (Å²) < 4.78 is 17.6. The molecule has 2 amide bonds. The molecule has 0 atom stereocenters. The Morgan fingerprint density at radius 3 is 2.22 bits per heavy atom. The van der Waals surface area contributed by atoms with Crippen LogP contribution in [-0.4, -0.2) is 61.0 Å². The minimum absolute atomic E-state index is 0.0439. The number of nitrogens with zero attached hydrogens (tertiary/aromatic N) is 2. The molecule has 0 spiro atoms. The van der Waals surface area contributed by atoms with Crippen LogP contribution in [0.5, 0.6) is 11.5 Å². The van der Waals surface area contributed by atoms with Crippen LogP contribution in [0.2, 0.25) is 0 Å². The van der Waals surface area contributed by atoms with E-state index in [-0.39, 0.29) is 11.8 Å². The van der Waals surface area contributed by atoms with Crippen LogP contribution < -0.4 is 9.47 Å². The smallest absolute Gasteiger partial charge is 0.246 e. The summed E-state index contributed by atoms with van der Waals surface area (Å²) in [4.78, 5) is 28.2. The molecule has 0 saturated carbocycles. The highest BCUT2D eigenvalue weighted by atomic mass is 16.5. The molecule has 0 N–H and O–H groups in total. The zero-order valence-electron chi connectivity index (χ0n) is 21.7. The quantitative estimate of drug-likeness (QED) is 0.420. The van der Waals surface area contributed by atoms with Crippen molar-refractivity contribution >= 4 is 28.4 Å². The zero-order valence-corrected chi connectivity index (χ0v) is 21.7. The molecule has 1 aliphatic heterocycles. The molecule has 0 aliphatic carbocycles. The Morgan fingerprint density at radius 2 is 1.61 bits per heavy atom. The van der Waals surface area contributed by atoms with Gasteiger partial charge in [-0.3, -0.25) is 9.59 Å². The Bertz CT molecular complexity index is 1280. The SMILES string of the molecule is CCOc1ccc(-c2coc3c(C)c(OCC)c(/C(C)=C/C(=O)N4CCN(C(C)=O)CC4)cc23)cc1. The van der Waals surface area contributed by atoms with Gasteiger partial charge in [0, 0.05) is 61.3 Å². The van der Waals surface area contributed by atoms with Crippen LogP contribution in [0.15, 0.2) is 47.1 Å². The lowest BCUT2D eigenvalue weighted by Crippen LogP contribution is -2.49. The third-order valence-electron chi connectivity index (χ3n) is 6.61. The first-order chi connectivity index (χ1) is 17.3. The highest BCUT2D eigenvalue weighted by molar-refractivity contribution is 6.01. The van der Waals surface area contributed by atoms with Crippen LogP contribution in [0.1, 0.15) is 38.8 Å².